The van der Waals surface area contributed by atoms with Crippen LogP contribution in [0.3, 0.4) is 0 Å². The normalized spacial score (nSPS) is 13.0. The maximum absolute atomic E-state index is 5.62. The van der Waals surface area contributed by atoms with Gasteiger partial charge in [0.25, 0.3) is 0 Å². The second kappa shape index (κ2) is 9.16. The Hall–Kier alpha value is -1.65. The van der Waals surface area contributed by atoms with E-state index >= 15 is 0 Å². The molecule has 0 saturated heterocycles. The van der Waals surface area contributed by atoms with E-state index in [0.717, 1.165) is 21.6 Å². The number of halogens is 1. The van der Waals surface area contributed by atoms with Gasteiger partial charge in [0.1, 0.15) is 5.84 Å². The number of amidine groups is 1. The molecule has 1 N–H and O–H groups in total. The molecule has 25 heavy (non-hydrogen) atoms. The standard InChI is InChI=1S/C21H27BrN2O/c1-6-25-17(5)13-23-21(18-7-9-19(22)10-8-18)24-20-15(3)11-14(2)12-16(20)4/h7-12,17H,6,13H2,1-5H3,(H,23,24). The molecule has 0 radical (unpaired) electrons. The number of anilines is 1. The first-order valence-corrected chi connectivity index (χ1v) is 9.46. The zero-order chi connectivity index (χ0) is 18.4. The molecule has 0 spiro atoms. The number of nitrogens with one attached hydrogen (secondary N) is 1. The van der Waals surface area contributed by atoms with Gasteiger partial charge in [-0.2, -0.15) is 0 Å². The van der Waals surface area contributed by atoms with Crippen molar-refractivity contribution in [2.45, 2.75) is 40.7 Å². The summed E-state index contributed by atoms with van der Waals surface area (Å²) in [5.74, 6) is 0.870. The van der Waals surface area contributed by atoms with Gasteiger partial charge in [-0.1, -0.05) is 45.8 Å². The van der Waals surface area contributed by atoms with Gasteiger partial charge in [0.15, 0.2) is 0 Å². The Morgan fingerprint density at radius 2 is 1.72 bits per heavy atom. The molecule has 0 aliphatic heterocycles. The number of benzene rings is 2. The van der Waals surface area contributed by atoms with Crippen LogP contribution in [-0.4, -0.2) is 25.1 Å². The molecule has 0 amide bonds. The van der Waals surface area contributed by atoms with Gasteiger partial charge in [0.05, 0.1) is 12.6 Å². The number of aryl methyl sites for hydroxylation is 3. The summed E-state index contributed by atoms with van der Waals surface area (Å²) in [4.78, 5) is 4.81. The molecule has 0 saturated carbocycles. The molecule has 134 valence electrons. The molecule has 4 heteroatoms. The van der Waals surface area contributed by atoms with E-state index < -0.39 is 0 Å². The van der Waals surface area contributed by atoms with E-state index in [9.17, 15) is 0 Å². The Bertz CT molecular complexity index is 715. The van der Waals surface area contributed by atoms with Crippen LogP contribution in [0.15, 0.2) is 45.9 Å². The largest absolute Gasteiger partial charge is 0.377 e. The Balaban J connectivity index is 2.35. The van der Waals surface area contributed by atoms with E-state index in [1.54, 1.807) is 0 Å². The van der Waals surface area contributed by atoms with Gasteiger partial charge in [-0.3, -0.25) is 4.99 Å². The van der Waals surface area contributed by atoms with Gasteiger partial charge < -0.3 is 10.1 Å². The van der Waals surface area contributed by atoms with E-state index in [1.807, 2.05) is 19.1 Å². The number of ether oxygens (including phenoxy) is 1. The molecule has 2 rings (SSSR count). The average molecular weight is 403 g/mol. The van der Waals surface area contributed by atoms with Crippen LogP contribution >= 0.6 is 15.9 Å². The zero-order valence-corrected chi connectivity index (χ0v) is 17.3. The second-order valence-electron chi connectivity index (χ2n) is 6.36. The van der Waals surface area contributed by atoms with Gasteiger partial charge in [0.2, 0.25) is 0 Å². The highest BCUT2D eigenvalue weighted by molar-refractivity contribution is 9.10. The predicted molar refractivity (Wildman–Crippen MR) is 111 cm³/mol. The number of aliphatic imine (C=N–C) groups is 1. The molecule has 0 aliphatic rings. The predicted octanol–water partition coefficient (Wildman–Crippen LogP) is 5.66. The van der Waals surface area contributed by atoms with E-state index in [2.05, 4.69) is 73.2 Å². The molecule has 0 aliphatic carbocycles. The van der Waals surface area contributed by atoms with Crippen molar-refractivity contribution in [2.24, 2.45) is 4.99 Å². The van der Waals surface area contributed by atoms with Gasteiger partial charge in [-0.15, -0.1) is 0 Å². The maximum Gasteiger partial charge on any atom is 0.132 e. The quantitative estimate of drug-likeness (QED) is 0.499. The fraction of sp³-hybridized carbons (Fsp3) is 0.381. The Morgan fingerprint density at radius 1 is 1.12 bits per heavy atom. The van der Waals surface area contributed by atoms with Crippen LogP contribution in [0.25, 0.3) is 0 Å². The lowest BCUT2D eigenvalue weighted by molar-refractivity contribution is 0.0829. The van der Waals surface area contributed by atoms with Crippen LogP contribution in [0.5, 0.6) is 0 Å². The third-order valence-corrected chi connectivity index (χ3v) is 4.52. The lowest BCUT2D eigenvalue weighted by atomic mass is 10.0. The summed E-state index contributed by atoms with van der Waals surface area (Å²) in [5, 5.41) is 3.56. The summed E-state index contributed by atoms with van der Waals surface area (Å²) in [7, 11) is 0. The number of rotatable bonds is 6. The molecule has 2 aromatic carbocycles. The van der Waals surface area contributed by atoms with Gasteiger partial charge in [0, 0.05) is 22.3 Å². The minimum Gasteiger partial charge on any atom is -0.377 e. The summed E-state index contributed by atoms with van der Waals surface area (Å²) < 4.78 is 6.67. The van der Waals surface area contributed by atoms with E-state index in [4.69, 9.17) is 9.73 Å². The van der Waals surface area contributed by atoms with Crippen LogP contribution in [0, 0.1) is 20.8 Å². The zero-order valence-electron chi connectivity index (χ0n) is 15.7. The molecule has 0 fully saturated rings. The highest BCUT2D eigenvalue weighted by Crippen LogP contribution is 2.23. The summed E-state index contributed by atoms with van der Waals surface area (Å²) in [6.45, 7) is 11.8. The summed E-state index contributed by atoms with van der Waals surface area (Å²) >= 11 is 3.50. The third-order valence-electron chi connectivity index (χ3n) is 4.00. The van der Waals surface area contributed by atoms with Gasteiger partial charge in [-0.05, 0) is 57.9 Å². The number of hydrogen-bond donors (Lipinski definition) is 1. The molecule has 0 bridgehead atoms. The topological polar surface area (TPSA) is 33.6 Å². The monoisotopic (exact) mass is 402 g/mol. The third kappa shape index (κ3) is 5.68. The second-order valence-corrected chi connectivity index (χ2v) is 7.28. The van der Waals surface area contributed by atoms with Crippen molar-refractivity contribution >= 4 is 27.5 Å². The van der Waals surface area contributed by atoms with Crippen molar-refractivity contribution < 1.29 is 4.74 Å². The van der Waals surface area contributed by atoms with E-state index in [-0.39, 0.29) is 6.10 Å². The first-order chi connectivity index (χ1) is 11.9. The van der Waals surface area contributed by atoms with Crippen LogP contribution in [0.2, 0.25) is 0 Å². The first-order valence-electron chi connectivity index (χ1n) is 8.67. The van der Waals surface area contributed by atoms with Crippen molar-refractivity contribution in [1.82, 2.24) is 0 Å². The summed E-state index contributed by atoms with van der Waals surface area (Å²) in [5.41, 5.74) is 5.90. The Kier molecular flexibility index (Phi) is 7.21. The van der Waals surface area contributed by atoms with Crippen LogP contribution in [0.4, 0.5) is 5.69 Å². The Labute approximate surface area is 159 Å². The van der Waals surface area contributed by atoms with Crippen molar-refractivity contribution in [3.05, 3.63) is 63.1 Å². The minimum atomic E-state index is 0.0949. The Morgan fingerprint density at radius 3 is 2.28 bits per heavy atom. The fourth-order valence-electron chi connectivity index (χ4n) is 2.86. The lowest BCUT2D eigenvalue weighted by Gasteiger charge is -2.17. The van der Waals surface area contributed by atoms with Crippen molar-refractivity contribution in [3.63, 3.8) is 0 Å². The molecule has 1 unspecified atom stereocenters. The summed E-state index contributed by atoms with van der Waals surface area (Å²) in [6.07, 6.45) is 0.0949. The van der Waals surface area contributed by atoms with Gasteiger partial charge in [-0.25, -0.2) is 0 Å². The molecular formula is C21H27BrN2O. The molecule has 0 heterocycles. The molecular weight excluding hydrogens is 376 g/mol. The van der Waals surface area contributed by atoms with E-state index in [1.165, 1.54) is 16.7 Å². The summed E-state index contributed by atoms with van der Waals surface area (Å²) in [6, 6.07) is 12.6. The number of hydrogen-bond acceptors (Lipinski definition) is 2. The van der Waals surface area contributed by atoms with E-state index in [0.29, 0.717) is 13.2 Å². The first kappa shape index (κ1) is 19.7. The van der Waals surface area contributed by atoms with Crippen LogP contribution in [-0.2, 0) is 4.74 Å². The average Bonchev–Trinajstić information content (AvgIpc) is 2.55. The maximum atomic E-state index is 5.62. The highest BCUT2D eigenvalue weighted by atomic mass is 79.9. The molecule has 3 nitrogen and oxygen atoms in total. The molecule has 0 aromatic heterocycles. The SMILES string of the molecule is CCOC(C)CN=C(Nc1c(C)cc(C)cc1C)c1ccc(Br)cc1. The lowest BCUT2D eigenvalue weighted by Crippen LogP contribution is -2.19. The van der Waals surface area contributed by atoms with Crippen LogP contribution < -0.4 is 5.32 Å². The van der Waals surface area contributed by atoms with Gasteiger partial charge >= 0.3 is 0 Å². The van der Waals surface area contributed by atoms with Crippen LogP contribution in [0.1, 0.15) is 36.1 Å². The molecule has 2 aromatic rings. The number of nitrogens with zero attached hydrogens (tertiary/aromatic N) is 1. The molecule has 1 atom stereocenters. The van der Waals surface area contributed by atoms with Crippen molar-refractivity contribution in [3.8, 4) is 0 Å². The fourth-order valence-corrected chi connectivity index (χ4v) is 3.13. The smallest absolute Gasteiger partial charge is 0.132 e. The van der Waals surface area contributed by atoms with Crippen molar-refractivity contribution in [2.75, 3.05) is 18.5 Å². The van der Waals surface area contributed by atoms with Crippen molar-refractivity contribution in [1.29, 1.82) is 0 Å². The highest BCUT2D eigenvalue weighted by Gasteiger charge is 2.10. The minimum absolute atomic E-state index is 0.0949.